The molecule has 1 amide bonds. The molecule has 0 fully saturated rings. The monoisotopic (exact) mass is 103 g/mol. The molecule has 0 radical (unpaired) electrons. The van der Waals surface area contributed by atoms with Gasteiger partial charge in [-0.15, -0.1) is 0 Å². The third kappa shape index (κ3) is 5.43. The predicted molar refractivity (Wildman–Crippen MR) is 25.5 cm³/mol. The molecule has 0 aromatic carbocycles. The van der Waals surface area contributed by atoms with Gasteiger partial charge in [0, 0.05) is 0 Å². The van der Waals surface area contributed by atoms with E-state index in [-0.39, 0.29) is 6.42 Å². The zero-order chi connectivity index (χ0) is 5.86. The van der Waals surface area contributed by atoms with Gasteiger partial charge in [-0.3, -0.25) is 4.79 Å². The molecular formula is C4H9NO2. The van der Waals surface area contributed by atoms with Gasteiger partial charge in [-0.25, -0.2) is 0 Å². The summed E-state index contributed by atoms with van der Waals surface area (Å²) in [7, 11) is 0. The van der Waals surface area contributed by atoms with E-state index in [4.69, 9.17) is 10.8 Å². The minimum absolute atomic E-state index is 0.0556. The molecule has 3 nitrogen and oxygen atoms in total. The fourth-order valence-electron chi connectivity index (χ4n) is 0.291. The zero-order valence-electron chi connectivity index (χ0n) is 4.22. The summed E-state index contributed by atoms with van der Waals surface area (Å²) < 4.78 is 0. The summed E-state index contributed by atoms with van der Waals surface area (Å²) in [5.74, 6) is -0.463. The molecule has 3 N–H and O–H groups in total. The van der Waals surface area contributed by atoms with Crippen LogP contribution in [-0.2, 0) is 4.79 Å². The third-order valence-corrected chi connectivity index (χ3v) is 0.497. The largest absolute Gasteiger partial charge is 0.393 e. The third-order valence-electron chi connectivity index (χ3n) is 0.497. The number of rotatable bonds is 2. The first-order valence-electron chi connectivity index (χ1n) is 2.09. The average molecular weight is 103 g/mol. The summed E-state index contributed by atoms with van der Waals surface area (Å²) in [4.78, 5) is 9.87. The van der Waals surface area contributed by atoms with E-state index in [0.717, 1.165) is 0 Å². The van der Waals surface area contributed by atoms with Crippen LogP contribution >= 0.6 is 0 Å². The molecule has 1 atom stereocenters. The maximum Gasteiger partial charge on any atom is 0.220 e. The Morgan fingerprint density at radius 2 is 2.43 bits per heavy atom. The highest BCUT2D eigenvalue weighted by Crippen LogP contribution is 1.84. The predicted octanol–water partition coefficient (Wildman–Crippen LogP) is -0.757. The second kappa shape index (κ2) is 2.58. The zero-order valence-corrected chi connectivity index (χ0v) is 4.22. The first-order valence-corrected chi connectivity index (χ1v) is 2.09. The van der Waals surface area contributed by atoms with Crippen molar-refractivity contribution in [2.45, 2.75) is 19.4 Å². The van der Waals surface area contributed by atoms with Crippen molar-refractivity contribution in [1.82, 2.24) is 0 Å². The number of aliphatic hydroxyl groups excluding tert-OH is 1. The Bertz CT molecular complexity index is 70.1. The van der Waals surface area contributed by atoms with E-state index in [2.05, 4.69) is 0 Å². The molecule has 0 rings (SSSR count). The molecule has 0 saturated carbocycles. The Morgan fingerprint density at radius 3 is 2.43 bits per heavy atom. The molecule has 0 bridgehead atoms. The van der Waals surface area contributed by atoms with E-state index in [1.54, 1.807) is 0 Å². The molecule has 0 unspecified atom stereocenters. The van der Waals surface area contributed by atoms with E-state index in [9.17, 15) is 4.79 Å². The van der Waals surface area contributed by atoms with Crippen LogP contribution < -0.4 is 5.73 Å². The number of hydrogen-bond acceptors (Lipinski definition) is 2. The van der Waals surface area contributed by atoms with Gasteiger partial charge in [0.15, 0.2) is 0 Å². The molecule has 42 valence electrons. The maximum absolute atomic E-state index is 9.87. The van der Waals surface area contributed by atoms with Crippen molar-refractivity contribution in [2.24, 2.45) is 5.73 Å². The summed E-state index contributed by atoms with van der Waals surface area (Å²) in [5, 5.41) is 8.42. The first-order chi connectivity index (χ1) is 3.13. The van der Waals surface area contributed by atoms with Gasteiger partial charge in [0.25, 0.3) is 0 Å². The lowest BCUT2D eigenvalue weighted by molar-refractivity contribution is -0.119. The summed E-state index contributed by atoms with van der Waals surface area (Å²) in [5.41, 5.74) is 4.69. The highest BCUT2D eigenvalue weighted by molar-refractivity contribution is 5.74. The summed E-state index contributed by atoms with van der Waals surface area (Å²) in [6.45, 7) is 1.52. The first kappa shape index (κ1) is 6.43. The smallest absolute Gasteiger partial charge is 0.220 e. The Morgan fingerprint density at radius 1 is 2.00 bits per heavy atom. The van der Waals surface area contributed by atoms with E-state index in [1.165, 1.54) is 6.92 Å². The quantitative estimate of drug-likeness (QED) is 0.482. The van der Waals surface area contributed by atoms with Gasteiger partial charge in [-0.1, -0.05) is 0 Å². The average Bonchev–Trinajstić information content (AvgIpc) is 1.27. The van der Waals surface area contributed by atoms with Gasteiger partial charge < -0.3 is 10.8 Å². The standard InChI is InChI=1S/C4H9NO2/c1-3(6)2-4(5)7/h3,6H,2H2,1H3,(H2,5,7)/t3-/m0/s1. The van der Waals surface area contributed by atoms with Crippen LogP contribution in [0.25, 0.3) is 0 Å². The second-order valence-electron chi connectivity index (χ2n) is 1.52. The van der Waals surface area contributed by atoms with Crippen LogP contribution in [0.5, 0.6) is 0 Å². The number of hydrogen-bond donors (Lipinski definition) is 2. The van der Waals surface area contributed by atoms with Crippen LogP contribution in [0.1, 0.15) is 13.3 Å². The van der Waals surface area contributed by atoms with Gasteiger partial charge in [0.05, 0.1) is 12.5 Å². The molecule has 0 aromatic heterocycles. The number of aliphatic hydroxyl groups is 1. The lowest BCUT2D eigenvalue weighted by Crippen LogP contribution is -2.16. The van der Waals surface area contributed by atoms with Crippen LogP contribution in [0.2, 0.25) is 0 Å². The summed E-state index contributed by atoms with van der Waals surface area (Å²) in [6, 6.07) is 0. The fraction of sp³-hybridized carbons (Fsp3) is 0.750. The van der Waals surface area contributed by atoms with Crippen molar-refractivity contribution < 1.29 is 9.90 Å². The molecule has 0 saturated heterocycles. The van der Waals surface area contributed by atoms with E-state index in [1.807, 2.05) is 0 Å². The Hall–Kier alpha value is -0.570. The molecule has 3 heteroatoms. The van der Waals surface area contributed by atoms with Gasteiger partial charge >= 0.3 is 0 Å². The van der Waals surface area contributed by atoms with Crippen molar-refractivity contribution in [3.8, 4) is 0 Å². The number of amides is 1. The lowest BCUT2D eigenvalue weighted by Gasteiger charge is -1.95. The van der Waals surface area contributed by atoms with Crippen molar-refractivity contribution in [3.05, 3.63) is 0 Å². The molecule has 0 aliphatic heterocycles. The number of carbonyl (C=O) groups excluding carboxylic acids is 1. The molecular weight excluding hydrogens is 94.0 g/mol. The highest BCUT2D eigenvalue weighted by atomic mass is 16.3. The number of primary amides is 1. The van der Waals surface area contributed by atoms with Crippen LogP contribution in [0.3, 0.4) is 0 Å². The van der Waals surface area contributed by atoms with Crippen molar-refractivity contribution in [1.29, 1.82) is 0 Å². The van der Waals surface area contributed by atoms with E-state index in [0.29, 0.717) is 0 Å². The van der Waals surface area contributed by atoms with Gasteiger partial charge in [-0.2, -0.15) is 0 Å². The summed E-state index contributed by atoms with van der Waals surface area (Å²) >= 11 is 0. The van der Waals surface area contributed by atoms with Crippen LogP contribution in [0.15, 0.2) is 0 Å². The minimum Gasteiger partial charge on any atom is -0.393 e. The van der Waals surface area contributed by atoms with Crippen molar-refractivity contribution >= 4 is 5.91 Å². The molecule has 7 heavy (non-hydrogen) atoms. The number of carbonyl (C=O) groups is 1. The molecule has 0 aliphatic rings. The lowest BCUT2D eigenvalue weighted by atomic mass is 10.3. The fourth-order valence-corrected chi connectivity index (χ4v) is 0.291. The number of nitrogens with two attached hydrogens (primary N) is 1. The van der Waals surface area contributed by atoms with Gasteiger partial charge in [0.1, 0.15) is 0 Å². The van der Waals surface area contributed by atoms with Gasteiger partial charge in [0.2, 0.25) is 5.91 Å². The van der Waals surface area contributed by atoms with Crippen LogP contribution in [0.4, 0.5) is 0 Å². The van der Waals surface area contributed by atoms with Crippen molar-refractivity contribution in [3.63, 3.8) is 0 Å². The summed E-state index contributed by atoms with van der Waals surface area (Å²) in [6.07, 6.45) is -0.544. The Kier molecular flexibility index (Phi) is 2.37. The van der Waals surface area contributed by atoms with Crippen molar-refractivity contribution in [2.75, 3.05) is 0 Å². The molecule has 0 aromatic rings. The maximum atomic E-state index is 9.87. The Labute approximate surface area is 42.1 Å². The van der Waals surface area contributed by atoms with E-state index >= 15 is 0 Å². The second-order valence-corrected chi connectivity index (χ2v) is 1.52. The van der Waals surface area contributed by atoms with Crippen LogP contribution in [0, 0.1) is 0 Å². The van der Waals surface area contributed by atoms with Crippen LogP contribution in [-0.4, -0.2) is 17.1 Å². The Balaban J connectivity index is 3.13. The minimum atomic E-state index is -0.600. The molecule has 0 heterocycles. The van der Waals surface area contributed by atoms with Gasteiger partial charge in [-0.05, 0) is 6.92 Å². The normalized spacial score (nSPS) is 13.4. The highest BCUT2D eigenvalue weighted by Gasteiger charge is 1.97. The molecule has 0 spiro atoms. The molecule has 0 aliphatic carbocycles. The van der Waals surface area contributed by atoms with E-state index < -0.39 is 12.0 Å². The SMILES string of the molecule is C[C@H](O)CC(N)=O. The topological polar surface area (TPSA) is 63.3 Å².